The standard InChI is InChI=1S/C47H94NO7P/c1-3-5-7-9-11-13-15-17-19-21-22-23-24-25-26-28-30-32-34-36-38-40-47(49)55-46(45-54-56(50,51)53-43-41-48)44-52-42-39-37-35-33-31-29-27-20-18-16-14-12-10-8-6-4-2/h39,42,46H,3-38,40-41,43-45,48H2,1-2H3,(H,50,51)/b42-39-/t46-/m1/s1. The highest BCUT2D eigenvalue weighted by molar-refractivity contribution is 7.47. The van der Waals surface area contributed by atoms with Crippen LogP contribution in [0.4, 0.5) is 0 Å². The lowest BCUT2D eigenvalue weighted by Gasteiger charge is -2.19. The maximum absolute atomic E-state index is 12.6. The molecule has 1 unspecified atom stereocenters. The van der Waals surface area contributed by atoms with Crippen molar-refractivity contribution in [1.82, 2.24) is 0 Å². The number of hydrogen-bond donors (Lipinski definition) is 2. The summed E-state index contributed by atoms with van der Waals surface area (Å²) in [4.78, 5) is 22.5. The lowest BCUT2D eigenvalue weighted by atomic mass is 10.0. The molecule has 0 aromatic heterocycles. The van der Waals surface area contributed by atoms with E-state index in [9.17, 15) is 14.3 Å². The molecule has 0 heterocycles. The summed E-state index contributed by atoms with van der Waals surface area (Å²) in [5.41, 5.74) is 5.37. The van der Waals surface area contributed by atoms with Crippen LogP contribution in [-0.4, -0.2) is 43.3 Å². The van der Waals surface area contributed by atoms with Gasteiger partial charge in [0.25, 0.3) is 0 Å². The van der Waals surface area contributed by atoms with Crippen LogP contribution in [0.3, 0.4) is 0 Å². The van der Waals surface area contributed by atoms with Crippen molar-refractivity contribution in [2.75, 3.05) is 26.4 Å². The van der Waals surface area contributed by atoms with Gasteiger partial charge in [0.2, 0.25) is 0 Å². The van der Waals surface area contributed by atoms with Gasteiger partial charge >= 0.3 is 13.8 Å². The van der Waals surface area contributed by atoms with Crippen molar-refractivity contribution < 1.29 is 32.8 Å². The highest BCUT2D eigenvalue weighted by Crippen LogP contribution is 2.43. The predicted molar refractivity (Wildman–Crippen MR) is 238 cm³/mol. The maximum atomic E-state index is 12.6. The van der Waals surface area contributed by atoms with Crippen LogP contribution in [0.15, 0.2) is 12.3 Å². The van der Waals surface area contributed by atoms with E-state index in [0.717, 1.165) is 32.1 Å². The summed E-state index contributed by atoms with van der Waals surface area (Å²) in [7, 11) is -4.29. The quantitative estimate of drug-likeness (QED) is 0.0270. The van der Waals surface area contributed by atoms with Crippen LogP contribution >= 0.6 is 7.82 Å². The number of unbranched alkanes of at least 4 members (excludes halogenated alkanes) is 34. The monoisotopic (exact) mass is 816 g/mol. The normalized spacial score (nSPS) is 13.4. The number of phosphoric acid groups is 1. The summed E-state index contributed by atoms with van der Waals surface area (Å²) < 4.78 is 33.3. The number of carbonyl (C=O) groups excluding carboxylic acids is 1. The van der Waals surface area contributed by atoms with Crippen molar-refractivity contribution in [3.8, 4) is 0 Å². The van der Waals surface area contributed by atoms with E-state index < -0.39 is 13.9 Å². The van der Waals surface area contributed by atoms with E-state index >= 15 is 0 Å². The summed E-state index contributed by atoms with van der Waals surface area (Å²) in [6.07, 6.45) is 50.5. The molecule has 2 atom stereocenters. The fourth-order valence-electron chi connectivity index (χ4n) is 7.20. The number of nitrogens with two attached hydrogens (primary N) is 1. The number of esters is 1. The number of phosphoric ester groups is 1. The summed E-state index contributed by atoms with van der Waals surface area (Å²) in [6, 6.07) is 0. The molecule has 9 heteroatoms. The van der Waals surface area contributed by atoms with Crippen LogP contribution in [0.1, 0.15) is 251 Å². The van der Waals surface area contributed by atoms with Crippen LogP contribution in [0, 0.1) is 0 Å². The Morgan fingerprint density at radius 2 is 0.893 bits per heavy atom. The third-order valence-electron chi connectivity index (χ3n) is 10.8. The number of carbonyl (C=O) groups is 1. The van der Waals surface area contributed by atoms with Crippen LogP contribution in [0.5, 0.6) is 0 Å². The molecule has 0 spiro atoms. The minimum Gasteiger partial charge on any atom is -0.498 e. The molecule has 0 aliphatic heterocycles. The lowest BCUT2D eigenvalue weighted by molar-refractivity contribution is -0.153. The Kier molecular flexibility index (Phi) is 44.4. The maximum Gasteiger partial charge on any atom is 0.472 e. The van der Waals surface area contributed by atoms with Crippen LogP contribution < -0.4 is 5.73 Å². The number of rotatable bonds is 47. The molecule has 0 aliphatic rings. The summed E-state index contributed by atoms with van der Waals surface area (Å²) >= 11 is 0. The average Bonchev–Trinajstić information content (AvgIpc) is 3.19. The highest BCUT2D eigenvalue weighted by atomic mass is 31.2. The third kappa shape index (κ3) is 44.2. The molecule has 0 aromatic carbocycles. The molecule has 0 amide bonds. The van der Waals surface area contributed by atoms with Crippen molar-refractivity contribution in [3.05, 3.63) is 12.3 Å². The molecule has 334 valence electrons. The Morgan fingerprint density at radius 3 is 1.27 bits per heavy atom. The van der Waals surface area contributed by atoms with Crippen molar-refractivity contribution in [2.24, 2.45) is 5.73 Å². The Balaban J connectivity index is 3.95. The van der Waals surface area contributed by atoms with Gasteiger partial charge in [-0.05, 0) is 25.3 Å². The van der Waals surface area contributed by atoms with Gasteiger partial charge in [-0.15, -0.1) is 0 Å². The predicted octanol–water partition coefficient (Wildman–Crippen LogP) is 15.0. The van der Waals surface area contributed by atoms with Crippen LogP contribution in [0.2, 0.25) is 0 Å². The average molecular weight is 816 g/mol. The second-order valence-electron chi connectivity index (χ2n) is 16.4. The molecule has 0 saturated heterocycles. The van der Waals surface area contributed by atoms with Crippen LogP contribution in [0.25, 0.3) is 0 Å². The molecule has 56 heavy (non-hydrogen) atoms. The van der Waals surface area contributed by atoms with Crippen LogP contribution in [-0.2, 0) is 27.9 Å². The van der Waals surface area contributed by atoms with Gasteiger partial charge in [0, 0.05) is 13.0 Å². The first kappa shape index (κ1) is 55.1. The fourth-order valence-corrected chi connectivity index (χ4v) is 7.97. The van der Waals surface area contributed by atoms with Gasteiger partial charge in [-0.2, -0.15) is 0 Å². The van der Waals surface area contributed by atoms with Gasteiger partial charge in [-0.3, -0.25) is 13.8 Å². The van der Waals surface area contributed by atoms with E-state index in [1.807, 2.05) is 6.08 Å². The van der Waals surface area contributed by atoms with E-state index in [1.54, 1.807) is 6.26 Å². The molecule has 0 fully saturated rings. The summed E-state index contributed by atoms with van der Waals surface area (Å²) in [5.74, 6) is -0.345. The van der Waals surface area contributed by atoms with E-state index in [1.165, 1.54) is 199 Å². The molecule has 0 aliphatic carbocycles. The van der Waals surface area contributed by atoms with Gasteiger partial charge in [0.15, 0.2) is 6.10 Å². The zero-order chi connectivity index (χ0) is 40.9. The van der Waals surface area contributed by atoms with Gasteiger partial charge < -0.3 is 20.1 Å². The Morgan fingerprint density at radius 1 is 0.536 bits per heavy atom. The summed E-state index contributed by atoms with van der Waals surface area (Å²) in [6.45, 7) is 4.30. The first-order chi connectivity index (χ1) is 27.4. The minimum absolute atomic E-state index is 0.0389. The van der Waals surface area contributed by atoms with E-state index in [0.29, 0.717) is 6.42 Å². The minimum atomic E-state index is -4.29. The van der Waals surface area contributed by atoms with Crippen molar-refractivity contribution >= 4 is 13.8 Å². The van der Waals surface area contributed by atoms with Gasteiger partial charge in [0.05, 0.1) is 19.5 Å². The Labute approximate surface area is 347 Å². The van der Waals surface area contributed by atoms with Crippen molar-refractivity contribution in [2.45, 2.75) is 258 Å². The third-order valence-corrected chi connectivity index (χ3v) is 11.8. The van der Waals surface area contributed by atoms with E-state index in [4.69, 9.17) is 24.3 Å². The van der Waals surface area contributed by atoms with Crippen molar-refractivity contribution in [1.29, 1.82) is 0 Å². The van der Waals surface area contributed by atoms with E-state index in [-0.39, 0.29) is 32.3 Å². The number of hydrogen-bond acceptors (Lipinski definition) is 7. The highest BCUT2D eigenvalue weighted by Gasteiger charge is 2.25. The van der Waals surface area contributed by atoms with Gasteiger partial charge in [0.1, 0.15) is 6.61 Å². The smallest absolute Gasteiger partial charge is 0.472 e. The first-order valence-corrected chi connectivity index (χ1v) is 25.7. The molecule has 0 saturated carbocycles. The van der Waals surface area contributed by atoms with E-state index in [2.05, 4.69) is 13.8 Å². The molecular weight excluding hydrogens is 721 g/mol. The van der Waals surface area contributed by atoms with Gasteiger partial charge in [-0.1, -0.05) is 226 Å². The van der Waals surface area contributed by atoms with Crippen molar-refractivity contribution in [3.63, 3.8) is 0 Å². The molecule has 0 radical (unpaired) electrons. The first-order valence-electron chi connectivity index (χ1n) is 24.2. The topological polar surface area (TPSA) is 117 Å². The number of ether oxygens (including phenoxy) is 2. The zero-order valence-electron chi connectivity index (χ0n) is 37.1. The second kappa shape index (κ2) is 45.2. The molecule has 3 N–H and O–H groups in total. The SMILES string of the molecule is CCCCCCCCCCCCCCCC/C=C\OC[C@H](COP(=O)(O)OCCN)OC(=O)CCCCCCCCCCCCCCCCCCCCCCC. The summed E-state index contributed by atoms with van der Waals surface area (Å²) in [5, 5.41) is 0. The zero-order valence-corrected chi connectivity index (χ0v) is 38.0. The van der Waals surface area contributed by atoms with Gasteiger partial charge in [-0.25, -0.2) is 4.57 Å². The molecule has 0 aromatic rings. The molecular formula is C47H94NO7P. The Hall–Kier alpha value is -0.920. The largest absolute Gasteiger partial charge is 0.498 e. The number of allylic oxidation sites excluding steroid dienone is 1. The fraction of sp³-hybridized carbons (Fsp3) is 0.936. The molecule has 8 nitrogen and oxygen atoms in total. The molecule has 0 bridgehead atoms. The second-order valence-corrected chi connectivity index (χ2v) is 17.9. The molecule has 0 rings (SSSR count). The Bertz CT molecular complexity index is 873. The lowest BCUT2D eigenvalue weighted by Crippen LogP contribution is -2.27.